The lowest BCUT2D eigenvalue weighted by atomic mass is 10.0. The van der Waals surface area contributed by atoms with Crippen LogP contribution < -0.4 is 5.73 Å². The van der Waals surface area contributed by atoms with Gasteiger partial charge in [0.25, 0.3) is 0 Å². The second kappa shape index (κ2) is 5.87. The highest BCUT2D eigenvalue weighted by atomic mass is 16.3. The zero-order valence-electron chi connectivity index (χ0n) is 11.7. The van der Waals surface area contributed by atoms with Crippen LogP contribution in [0.5, 0.6) is 0 Å². The molecule has 1 aliphatic rings. The van der Waals surface area contributed by atoms with Crippen LogP contribution in [0.3, 0.4) is 0 Å². The molecule has 0 spiro atoms. The van der Waals surface area contributed by atoms with E-state index in [0.717, 1.165) is 44.1 Å². The van der Waals surface area contributed by atoms with Gasteiger partial charge < -0.3 is 15.1 Å². The predicted octanol–water partition coefficient (Wildman–Crippen LogP) is 1.61. The molecule has 1 fully saturated rings. The summed E-state index contributed by atoms with van der Waals surface area (Å²) >= 11 is 0. The molecule has 0 saturated carbocycles. The summed E-state index contributed by atoms with van der Waals surface area (Å²) in [7, 11) is 2.17. The monoisotopic (exact) mass is 251 g/mol. The van der Waals surface area contributed by atoms with Gasteiger partial charge in [-0.25, -0.2) is 0 Å². The molecule has 4 nitrogen and oxygen atoms in total. The zero-order valence-corrected chi connectivity index (χ0v) is 11.7. The average Bonchev–Trinajstić information content (AvgIpc) is 2.78. The Bertz CT molecular complexity index is 369. The van der Waals surface area contributed by atoms with Crippen molar-refractivity contribution in [2.24, 2.45) is 5.73 Å². The number of likely N-dealkylation sites (N-methyl/N-ethyl adjacent to an activating group) is 1. The Morgan fingerprint density at radius 3 is 2.44 bits per heavy atom. The van der Waals surface area contributed by atoms with Crippen molar-refractivity contribution in [2.75, 3.05) is 33.2 Å². The van der Waals surface area contributed by atoms with E-state index in [1.807, 2.05) is 13.0 Å². The van der Waals surface area contributed by atoms with E-state index in [2.05, 4.69) is 29.8 Å². The molecule has 2 atom stereocenters. The summed E-state index contributed by atoms with van der Waals surface area (Å²) in [5.74, 6) is 1.99. The third kappa shape index (κ3) is 2.94. The number of aryl methyl sites for hydroxylation is 1. The molecule has 1 aromatic rings. The van der Waals surface area contributed by atoms with Crippen LogP contribution in [0, 0.1) is 6.92 Å². The third-order valence-electron chi connectivity index (χ3n) is 3.86. The summed E-state index contributed by atoms with van der Waals surface area (Å²) in [5.41, 5.74) is 6.31. The molecule has 0 aliphatic carbocycles. The summed E-state index contributed by atoms with van der Waals surface area (Å²) in [4.78, 5) is 4.82. The predicted molar refractivity (Wildman–Crippen MR) is 73.5 cm³/mol. The summed E-state index contributed by atoms with van der Waals surface area (Å²) < 4.78 is 5.81. The molecule has 18 heavy (non-hydrogen) atoms. The summed E-state index contributed by atoms with van der Waals surface area (Å²) in [5, 5.41) is 0. The van der Waals surface area contributed by atoms with Gasteiger partial charge in [0.2, 0.25) is 0 Å². The molecule has 2 heterocycles. The van der Waals surface area contributed by atoms with Crippen LogP contribution in [-0.2, 0) is 0 Å². The van der Waals surface area contributed by atoms with Crippen molar-refractivity contribution in [3.05, 3.63) is 23.7 Å². The Morgan fingerprint density at radius 2 is 1.94 bits per heavy atom. The lowest BCUT2D eigenvalue weighted by Gasteiger charge is -2.39. The maximum atomic E-state index is 6.31. The largest absolute Gasteiger partial charge is 0.465 e. The first-order chi connectivity index (χ1) is 8.61. The number of nitrogens with zero attached hydrogens (tertiary/aromatic N) is 2. The van der Waals surface area contributed by atoms with Gasteiger partial charge in [-0.1, -0.05) is 6.92 Å². The first-order valence-corrected chi connectivity index (χ1v) is 6.86. The van der Waals surface area contributed by atoms with Gasteiger partial charge in [0.1, 0.15) is 11.5 Å². The van der Waals surface area contributed by atoms with Crippen molar-refractivity contribution >= 4 is 0 Å². The lowest BCUT2D eigenvalue weighted by Crippen LogP contribution is -2.50. The Balaban J connectivity index is 2.15. The van der Waals surface area contributed by atoms with Gasteiger partial charge in [-0.3, -0.25) is 4.90 Å². The number of nitrogens with two attached hydrogens (primary N) is 1. The molecule has 0 aromatic carbocycles. The second-order valence-electron chi connectivity index (χ2n) is 5.30. The molecule has 0 radical (unpaired) electrons. The molecule has 1 aliphatic heterocycles. The third-order valence-corrected chi connectivity index (χ3v) is 3.86. The van der Waals surface area contributed by atoms with Crippen LogP contribution in [0.4, 0.5) is 0 Å². The molecular weight excluding hydrogens is 226 g/mol. The van der Waals surface area contributed by atoms with Gasteiger partial charge >= 0.3 is 0 Å². The maximum Gasteiger partial charge on any atom is 0.122 e. The number of piperazine rings is 1. The Labute approximate surface area is 110 Å². The van der Waals surface area contributed by atoms with Crippen LogP contribution in [0.25, 0.3) is 0 Å². The van der Waals surface area contributed by atoms with E-state index in [9.17, 15) is 0 Å². The van der Waals surface area contributed by atoms with Crippen molar-refractivity contribution in [2.45, 2.75) is 32.4 Å². The molecular formula is C14H25N3O. The second-order valence-corrected chi connectivity index (χ2v) is 5.30. The van der Waals surface area contributed by atoms with E-state index in [1.54, 1.807) is 0 Å². The van der Waals surface area contributed by atoms with Gasteiger partial charge in [-0.2, -0.15) is 0 Å². The fourth-order valence-corrected chi connectivity index (χ4v) is 2.60. The number of rotatable bonds is 4. The van der Waals surface area contributed by atoms with Crippen LogP contribution in [0.15, 0.2) is 16.5 Å². The quantitative estimate of drug-likeness (QED) is 0.883. The van der Waals surface area contributed by atoms with Crippen LogP contribution in [0.1, 0.15) is 30.9 Å². The molecule has 1 saturated heterocycles. The van der Waals surface area contributed by atoms with E-state index < -0.39 is 0 Å². The molecule has 1 aromatic heterocycles. The van der Waals surface area contributed by atoms with E-state index in [0.29, 0.717) is 0 Å². The van der Waals surface area contributed by atoms with Crippen molar-refractivity contribution in [1.29, 1.82) is 0 Å². The van der Waals surface area contributed by atoms with Gasteiger partial charge in [-0.15, -0.1) is 0 Å². The summed E-state index contributed by atoms with van der Waals surface area (Å²) in [6.07, 6.45) is 0.969. The first-order valence-electron chi connectivity index (χ1n) is 6.86. The van der Waals surface area contributed by atoms with Crippen LogP contribution in [0.2, 0.25) is 0 Å². The van der Waals surface area contributed by atoms with E-state index >= 15 is 0 Å². The van der Waals surface area contributed by atoms with E-state index in [4.69, 9.17) is 10.2 Å². The summed E-state index contributed by atoms with van der Waals surface area (Å²) in [6, 6.07) is 4.46. The van der Waals surface area contributed by atoms with Crippen LogP contribution >= 0.6 is 0 Å². The number of furan rings is 1. The molecule has 102 valence electrons. The van der Waals surface area contributed by atoms with Gasteiger partial charge in [0.15, 0.2) is 0 Å². The topological polar surface area (TPSA) is 45.6 Å². The normalized spacial score (nSPS) is 22.0. The molecule has 0 amide bonds. The van der Waals surface area contributed by atoms with Gasteiger partial charge in [-0.05, 0) is 32.5 Å². The average molecular weight is 251 g/mol. The minimum Gasteiger partial charge on any atom is -0.465 e. The minimum atomic E-state index is 0.138. The highest BCUT2D eigenvalue weighted by Gasteiger charge is 2.30. The number of hydrogen-bond donors (Lipinski definition) is 1. The molecule has 2 unspecified atom stereocenters. The van der Waals surface area contributed by atoms with Crippen molar-refractivity contribution in [1.82, 2.24) is 9.80 Å². The SMILES string of the molecule is CCC(N)C(c1ccc(C)o1)N1CCN(C)CC1. The standard InChI is InChI=1S/C14H25N3O/c1-4-12(15)14(13-6-5-11(2)18-13)17-9-7-16(3)8-10-17/h5-6,12,14H,4,7-10,15H2,1-3H3. The highest BCUT2D eigenvalue weighted by molar-refractivity contribution is 5.12. The van der Waals surface area contributed by atoms with E-state index in [-0.39, 0.29) is 12.1 Å². The van der Waals surface area contributed by atoms with Gasteiger partial charge in [0, 0.05) is 32.2 Å². The highest BCUT2D eigenvalue weighted by Crippen LogP contribution is 2.27. The van der Waals surface area contributed by atoms with Crippen molar-refractivity contribution in [3.63, 3.8) is 0 Å². The maximum absolute atomic E-state index is 6.31. The van der Waals surface area contributed by atoms with Crippen molar-refractivity contribution in [3.8, 4) is 0 Å². The van der Waals surface area contributed by atoms with Gasteiger partial charge in [0.05, 0.1) is 6.04 Å². The minimum absolute atomic E-state index is 0.138. The molecule has 2 N–H and O–H groups in total. The smallest absolute Gasteiger partial charge is 0.122 e. The fraction of sp³-hybridized carbons (Fsp3) is 0.714. The fourth-order valence-electron chi connectivity index (χ4n) is 2.60. The Hall–Kier alpha value is -0.840. The van der Waals surface area contributed by atoms with Crippen LogP contribution in [-0.4, -0.2) is 49.1 Å². The first kappa shape index (κ1) is 13.6. The number of hydrogen-bond acceptors (Lipinski definition) is 4. The zero-order chi connectivity index (χ0) is 13.1. The lowest BCUT2D eigenvalue weighted by molar-refractivity contribution is 0.0849. The van der Waals surface area contributed by atoms with E-state index in [1.165, 1.54) is 0 Å². The van der Waals surface area contributed by atoms with Crippen molar-refractivity contribution < 1.29 is 4.42 Å². The Kier molecular flexibility index (Phi) is 4.43. The summed E-state index contributed by atoms with van der Waals surface area (Å²) in [6.45, 7) is 8.47. The molecule has 4 heteroatoms. The molecule has 2 rings (SSSR count). The Morgan fingerprint density at radius 1 is 1.28 bits per heavy atom. The molecule has 0 bridgehead atoms.